The molecule has 2 aromatic carbocycles. The Morgan fingerprint density at radius 3 is 2.58 bits per heavy atom. The van der Waals surface area contributed by atoms with Gasteiger partial charge in [0.05, 0.1) is 7.11 Å². The molecule has 1 aliphatic carbocycles. The van der Waals surface area contributed by atoms with Crippen LogP contribution in [0.1, 0.15) is 15.9 Å². The number of ketones is 1. The molecule has 0 spiro atoms. The van der Waals surface area contributed by atoms with E-state index < -0.39 is 24.0 Å². The minimum absolute atomic E-state index is 0.0329. The number of esters is 1. The summed E-state index contributed by atoms with van der Waals surface area (Å²) in [5.74, 6) is -1.06. The van der Waals surface area contributed by atoms with Crippen molar-refractivity contribution in [1.29, 1.82) is 0 Å². The summed E-state index contributed by atoms with van der Waals surface area (Å²) in [6.07, 6.45) is 0.00573. The fraction of sp³-hybridized carbons (Fsp3) is 0.222. The van der Waals surface area contributed by atoms with Crippen molar-refractivity contribution in [3.05, 3.63) is 47.5 Å². The van der Waals surface area contributed by atoms with E-state index in [1.807, 2.05) is 13.0 Å². The summed E-state index contributed by atoms with van der Waals surface area (Å²) in [6, 6.07) is 6.55. The fourth-order valence-electron chi connectivity index (χ4n) is 2.75. The zero-order chi connectivity index (χ0) is 17.4. The number of carbonyl (C=O) groups excluding carboxylic acids is 2. The molecule has 0 saturated heterocycles. The van der Waals surface area contributed by atoms with Gasteiger partial charge in [-0.25, -0.2) is 4.79 Å². The lowest BCUT2D eigenvalue weighted by Gasteiger charge is -2.16. The Morgan fingerprint density at radius 1 is 1.21 bits per heavy atom. The Bertz CT molecular complexity index is 867. The topological polar surface area (TPSA) is 93.1 Å². The number of carbonyl (C=O) groups is 2. The van der Waals surface area contributed by atoms with Crippen LogP contribution in [0.2, 0.25) is 0 Å². The second kappa shape index (κ2) is 5.98. The monoisotopic (exact) mass is 328 g/mol. The van der Waals surface area contributed by atoms with E-state index in [4.69, 9.17) is 9.47 Å². The molecule has 3 rings (SSSR count). The van der Waals surface area contributed by atoms with E-state index in [9.17, 15) is 19.8 Å². The lowest BCUT2D eigenvalue weighted by Crippen LogP contribution is -2.30. The predicted octanol–water partition coefficient (Wildman–Crippen LogP) is 1.89. The molecule has 0 saturated carbocycles. The van der Waals surface area contributed by atoms with E-state index in [2.05, 4.69) is 0 Å². The largest absolute Gasteiger partial charge is 0.507 e. The lowest BCUT2D eigenvalue weighted by molar-refractivity contribution is -0.124. The summed E-state index contributed by atoms with van der Waals surface area (Å²) in [5.41, 5.74) is 0.837. The minimum Gasteiger partial charge on any atom is -0.507 e. The zero-order valence-electron chi connectivity index (χ0n) is 13.1. The number of aliphatic hydroxyl groups excluding tert-OH is 1. The fourth-order valence-corrected chi connectivity index (χ4v) is 2.75. The van der Waals surface area contributed by atoms with Gasteiger partial charge in [0.1, 0.15) is 17.1 Å². The van der Waals surface area contributed by atoms with Gasteiger partial charge in [-0.3, -0.25) is 4.79 Å². The van der Waals surface area contributed by atoms with E-state index in [0.717, 1.165) is 10.9 Å². The van der Waals surface area contributed by atoms with Gasteiger partial charge < -0.3 is 19.7 Å². The third-order valence-corrected chi connectivity index (χ3v) is 4.03. The van der Waals surface area contributed by atoms with Crippen LogP contribution in [0, 0.1) is 6.92 Å². The number of phenolic OH excluding ortho intramolecular Hbond substituents is 1. The molecule has 0 amide bonds. The second-order valence-electron chi connectivity index (χ2n) is 5.58. The number of aliphatic hydroxyl groups is 1. The van der Waals surface area contributed by atoms with Crippen molar-refractivity contribution < 1.29 is 29.3 Å². The highest BCUT2D eigenvalue weighted by Crippen LogP contribution is 2.33. The molecule has 2 N–H and O–H groups in total. The maximum absolute atomic E-state index is 12.5. The van der Waals surface area contributed by atoms with Gasteiger partial charge in [-0.15, -0.1) is 0 Å². The van der Waals surface area contributed by atoms with E-state index in [-0.39, 0.29) is 11.3 Å². The van der Waals surface area contributed by atoms with Gasteiger partial charge in [-0.2, -0.15) is 0 Å². The molecule has 0 bridgehead atoms. The van der Waals surface area contributed by atoms with Gasteiger partial charge >= 0.3 is 5.97 Å². The van der Waals surface area contributed by atoms with E-state index >= 15 is 0 Å². The molecular formula is C18H16O6. The Kier molecular flexibility index (Phi) is 3.99. The number of hydrogen-bond donors (Lipinski definition) is 2. The molecular weight excluding hydrogens is 312 g/mol. The van der Waals surface area contributed by atoms with Gasteiger partial charge in [0.15, 0.2) is 18.0 Å². The first-order chi connectivity index (χ1) is 11.4. The van der Waals surface area contributed by atoms with Gasteiger partial charge in [-0.05, 0) is 48.2 Å². The van der Waals surface area contributed by atoms with Crippen LogP contribution in [0.25, 0.3) is 10.8 Å². The molecule has 6 nitrogen and oxygen atoms in total. The Labute approximate surface area is 137 Å². The average molecular weight is 328 g/mol. The molecule has 0 radical (unpaired) electrons. The summed E-state index contributed by atoms with van der Waals surface area (Å²) >= 11 is 0. The first-order valence-electron chi connectivity index (χ1n) is 7.33. The van der Waals surface area contributed by atoms with Crippen LogP contribution in [0.3, 0.4) is 0 Å². The highest BCUT2D eigenvalue weighted by Gasteiger charge is 2.32. The molecule has 6 heteroatoms. The van der Waals surface area contributed by atoms with Crippen molar-refractivity contribution in [3.63, 3.8) is 0 Å². The maximum Gasteiger partial charge on any atom is 0.343 e. The lowest BCUT2D eigenvalue weighted by atomic mass is 9.99. The number of fused-ring (bicyclic) bond motifs is 1. The maximum atomic E-state index is 12.5. The number of ether oxygens (including phenoxy) is 2. The summed E-state index contributed by atoms with van der Waals surface area (Å²) in [5, 5.41) is 21.1. The number of aryl methyl sites for hydroxylation is 1. The quantitative estimate of drug-likeness (QED) is 0.836. The van der Waals surface area contributed by atoms with Crippen LogP contribution in [0.15, 0.2) is 36.4 Å². The van der Waals surface area contributed by atoms with Crippen molar-refractivity contribution in [2.45, 2.75) is 19.1 Å². The number of benzene rings is 2. The Balaban J connectivity index is 2.06. The molecule has 0 heterocycles. The standard InChI is InChI=1S/C18H16O6/c1-9-7-10(23-2)8-12-11(9)3-4-13(19)16(12)18(22)24-15-6-5-14(20)17(15)21/h3-8,15,17,19,21H,1-2H3/t15-,17-/m1/s1. The van der Waals surface area contributed by atoms with Crippen molar-refractivity contribution >= 4 is 22.5 Å². The van der Waals surface area contributed by atoms with Crippen molar-refractivity contribution in [2.24, 2.45) is 0 Å². The predicted molar refractivity (Wildman–Crippen MR) is 86.3 cm³/mol. The SMILES string of the molecule is COc1cc(C)c2ccc(O)c(C(=O)O[C@@H]3C=CC(=O)[C@H]3O)c2c1. The van der Waals surface area contributed by atoms with Crippen LogP contribution in [-0.2, 0) is 9.53 Å². The second-order valence-corrected chi connectivity index (χ2v) is 5.58. The molecule has 0 aliphatic heterocycles. The smallest absolute Gasteiger partial charge is 0.343 e. The minimum atomic E-state index is -1.41. The summed E-state index contributed by atoms with van der Waals surface area (Å²) in [6.45, 7) is 1.86. The number of methoxy groups -OCH3 is 1. The highest BCUT2D eigenvalue weighted by molar-refractivity contribution is 6.08. The molecule has 2 aromatic rings. The van der Waals surface area contributed by atoms with Gasteiger partial charge in [0, 0.05) is 5.39 Å². The van der Waals surface area contributed by atoms with E-state index in [1.54, 1.807) is 12.1 Å². The molecule has 0 unspecified atom stereocenters. The van der Waals surface area contributed by atoms with E-state index in [0.29, 0.717) is 11.1 Å². The van der Waals surface area contributed by atoms with Gasteiger partial charge in [0.25, 0.3) is 0 Å². The van der Waals surface area contributed by atoms with Crippen molar-refractivity contribution in [3.8, 4) is 11.5 Å². The summed E-state index contributed by atoms with van der Waals surface area (Å²) < 4.78 is 10.4. The zero-order valence-corrected chi connectivity index (χ0v) is 13.1. The number of rotatable bonds is 3. The third kappa shape index (κ3) is 2.61. The van der Waals surface area contributed by atoms with Crippen LogP contribution in [0.5, 0.6) is 11.5 Å². The third-order valence-electron chi connectivity index (χ3n) is 4.03. The number of aromatic hydroxyl groups is 1. The van der Waals surface area contributed by atoms with Crippen LogP contribution in [0.4, 0.5) is 0 Å². The summed E-state index contributed by atoms with van der Waals surface area (Å²) in [4.78, 5) is 23.8. The normalized spacial score (nSPS) is 19.7. The number of hydrogen-bond acceptors (Lipinski definition) is 6. The molecule has 2 atom stereocenters. The van der Waals surface area contributed by atoms with Crippen LogP contribution >= 0.6 is 0 Å². The highest BCUT2D eigenvalue weighted by atomic mass is 16.6. The Hall–Kier alpha value is -2.86. The molecule has 0 fully saturated rings. The molecule has 1 aliphatic rings. The molecule has 124 valence electrons. The summed E-state index contributed by atoms with van der Waals surface area (Å²) in [7, 11) is 1.51. The van der Waals surface area contributed by atoms with E-state index in [1.165, 1.54) is 25.3 Å². The molecule has 0 aromatic heterocycles. The Morgan fingerprint density at radius 2 is 1.96 bits per heavy atom. The van der Waals surface area contributed by atoms with Gasteiger partial charge in [-0.1, -0.05) is 6.07 Å². The van der Waals surface area contributed by atoms with Crippen LogP contribution < -0.4 is 4.74 Å². The first kappa shape index (κ1) is 16.0. The molecule has 24 heavy (non-hydrogen) atoms. The van der Waals surface area contributed by atoms with Crippen LogP contribution in [-0.4, -0.2) is 41.3 Å². The first-order valence-corrected chi connectivity index (χ1v) is 7.33. The van der Waals surface area contributed by atoms with Gasteiger partial charge in [0.2, 0.25) is 0 Å². The van der Waals surface area contributed by atoms with Crippen molar-refractivity contribution in [2.75, 3.05) is 7.11 Å². The van der Waals surface area contributed by atoms with Crippen molar-refractivity contribution in [1.82, 2.24) is 0 Å². The number of phenols is 1. The average Bonchev–Trinajstić information content (AvgIpc) is 2.86.